The van der Waals surface area contributed by atoms with Crippen LogP contribution in [0, 0.1) is 20.8 Å². The van der Waals surface area contributed by atoms with Crippen molar-refractivity contribution in [1.82, 2.24) is 4.57 Å². The van der Waals surface area contributed by atoms with Crippen molar-refractivity contribution in [1.29, 1.82) is 0 Å². The summed E-state index contributed by atoms with van der Waals surface area (Å²) in [6.45, 7) is 7.56. The molecule has 0 spiro atoms. The maximum absolute atomic E-state index is 11.2. The number of aliphatic hydroxyl groups is 1. The maximum Gasteiger partial charge on any atom is 0.129 e. The first kappa shape index (κ1) is 23.1. The third kappa shape index (κ3) is 4.79. The molecule has 0 saturated heterocycles. The number of quaternary nitrogens is 1. The molecule has 176 valence electrons. The number of aliphatic hydroxyl groups excluding tert-OH is 1. The summed E-state index contributed by atoms with van der Waals surface area (Å²) in [7, 11) is 0. The van der Waals surface area contributed by atoms with Crippen molar-refractivity contribution in [3.8, 4) is 22.4 Å². The van der Waals surface area contributed by atoms with E-state index in [0.29, 0.717) is 13.1 Å². The zero-order chi connectivity index (χ0) is 24.4. The number of hydrogen-bond donors (Lipinski definition) is 2. The maximum atomic E-state index is 11.2. The first-order chi connectivity index (χ1) is 17.0. The number of benzene rings is 4. The Kier molecular flexibility index (Phi) is 6.54. The lowest BCUT2D eigenvalue weighted by atomic mass is 9.97. The van der Waals surface area contributed by atoms with Crippen LogP contribution in [0.5, 0.6) is 0 Å². The Morgan fingerprint density at radius 1 is 0.743 bits per heavy atom. The third-order valence-electron chi connectivity index (χ3n) is 6.70. The lowest BCUT2D eigenvalue weighted by Gasteiger charge is -2.17. The zero-order valence-corrected chi connectivity index (χ0v) is 20.7. The highest BCUT2D eigenvalue weighted by Crippen LogP contribution is 2.42. The average molecular weight is 462 g/mol. The molecule has 1 unspecified atom stereocenters. The molecule has 5 aromatic rings. The molecule has 0 aliphatic heterocycles. The van der Waals surface area contributed by atoms with E-state index in [0.717, 1.165) is 16.9 Å². The SMILES string of the molecule is Cc1ccc([NH2+]CC(O)Cn2c(-c3ccccc3)c(-c3ccccc3)c3cc(C)cc(C)c32)cc1. The number of aryl methyl sites for hydroxylation is 3. The Labute approximate surface area is 207 Å². The van der Waals surface area contributed by atoms with Crippen LogP contribution in [0.2, 0.25) is 0 Å². The molecule has 0 radical (unpaired) electrons. The van der Waals surface area contributed by atoms with Crippen molar-refractivity contribution in [2.45, 2.75) is 33.4 Å². The van der Waals surface area contributed by atoms with Crippen LogP contribution in [0.25, 0.3) is 33.3 Å². The van der Waals surface area contributed by atoms with Gasteiger partial charge in [0.15, 0.2) is 0 Å². The van der Waals surface area contributed by atoms with Gasteiger partial charge in [-0.25, -0.2) is 0 Å². The highest BCUT2D eigenvalue weighted by atomic mass is 16.3. The normalized spacial score (nSPS) is 12.2. The minimum Gasteiger partial charge on any atom is -0.385 e. The quantitative estimate of drug-likeness (QED) is 0.280. The third-order valence-corrected chi connectivity index (χ3v) is 6.70. The van der Waals surface area contributed by atoms with Crippen molar-refractivity contribution >= 4 is 16.6 Å². The smallest absolute Gasteiger partial charge is 0.129 e. The molecule has 0 amide bonds. The summed E-state index contributed by atoms with van der Waals surface area (Å²) in [6, 6.07) is 34.2. The molecule has 4 aromatic carbocycles. The average Bonchev–Trinajstić information content (AvgIpc) is 3.18. The van der Waals surface area contributed by atoms with Gasteiger partial charge in [0.1, 0.15) is 18.3 Å². The van der Waals surface area contributed by atoms with Gasteiger partial charge in [-0.3, -0.25) is 0 Å². The molecule has 3 N–H and O–H groups in total. The molecular formula is C32H33N2O+. The van der Waals surface area contributed by atoms with Gasteiger partial charge >= 0.3 is 0 Å². The van der Waals surface area contributed by atoms with Crippen molar-refractivity contribution in [3.05, 3.63) is 114 Å². The minimum atomic E-state index is -0.501. The van der Waals surface area contributed by atoms with E-state index >= 15 is 0 Å². The first-order valence-corrected chi connectivity index (χ1v) is 12.3. The molecule has 0 fully saturated rings. The molecule has 35 heavy (non-hydrogen) atoms. The highest BCUT2D eigenvalue weighted by Gasteiger charge is 2.23. The lowest BCUT2D eigenvalue weighted by Crippen LogP contribution is -2.80. The number of aromatic nitrogens is 1. The van der Waals surface area contributed by atoms with E-state index in [2.05, 4.69) is 128 Å². The second-order valence-electron chi connectivity index (χ2n) is 9.55. The number of nitrogens with zero attached hydrogens (tertiary/aromatic N) is 1. The molecule has 3 nitrogen and oxygen atoms in total. The van der Waals surface area contributed by atoms with Gasteiger partial charge in [0.25, 0.3) is 0 Å². The molecule has 0 saturated carbocycles. The van der Waals surface area contributed by atoms with Crippen LogP contribution >= 0.6 is 0 Å². The fourth-order valence-corrected chi connectivity index (χ4v) is 5.12. The number of rotatable bonds is 7. The highest BCUT2D eigenvalue weighted by molar-refractivity contribution is 6.06. The standard InChI is InChI=1S/C32H32N2O/c1-22-14-16-27(17-15-22)33-20-28(35)21-34-31-24(3)18-23(2)19-29(31)30(25-10-6-4-7-11-25)32(34)26-12-8-5-9-13-26/h4-19,28,33,35H,20-21H2,1-3H3/p+1. The Morgan fingerprint density at radius 3 is 2.03 bits per heavy atom. The van der Waals surface area contributed by atoms with E-state index in [9.17, 15) is 5.11 Å². The number of nitrogens with two attached hydrogens (primary N) is 1. The van der Waals surface area contributed by atoms with Crippen LogP contribution in [-0.4, -0.2) is 22.3 Å². The molecule has 0 aliphatic rings. The van der Waals surface area contributed by atoms with E-state index in [1.54, 1.807) is 0 Å². The fourth-order valence-electron chi connectivity index (χ4n) is 5.12. The lowest BCUT2D eigenvalue weighted by molar-refractivity contribution is -0.580. The molecule has 1 aromatic heterocycles. The predicted octanol–water partition coefficient (Wildman–Crippen LogP) is 6.16. The summed E-state index contributed by atoms with van der Waals surface area (Å²) in [5, 5.41) is 14.6. The molecular weight excluding hydrogens is 428 g/mol. The predicted molar refractivity (Wildman–Crippen MR) is 146 cm³/mol. The number of hydrogen-bond acceptors (Lipinski definition) is 1. The largest absolute Gasteiger partial charge is 0.385 e. The topological polar surface area (TPSA) is 41.8 Å². The van der Waals surface area contributed by atoms with E-state index in [4.69, 9.17) is 0 Å². The Balaban J connectivity index is 1.64. The minimum absolute atomic E-state index is 0.501. The van der Waals surface area contributed by atoms with Crippen LogP contribution in [0.15, 0.2) is 97.1 Å². The molecule has 0 bridgehead atoms. The van der Waals surface area contributed by atoms with Gasteiger partial charge in [-0.1, -0.05) is 90.0 Å². The summed E-state index contributed by atoms with van der Waals surface area (Å²) in [5.41, 5.74) is 10.8. The van der Waals surface area contributed by atoms with Gasteiger partial charge in [0, 0.05) is 10.9 Å². The van der Waals surface area contributed by atoms with Gasteiger partial charge < -0.3 is 15.0 Å². The molecule has 1 atom stereocenters. The Bertz CT molecular complexity index is 1430. The van der Waals surface area contributed by atoms with Crippen molar-refractivity contribution < 1.29 is 10.4 Å². The Morgan fingerprint density at radius 2 is 1.37 bits per heavy atom. The van der Waals surface area contributed by atoms with Gasteiger partial charge in [0.2, 0.25) is 0 Å². The second-order valence-corrected chi connectivity index (χ2v) is 9.55. The monoisotopic (exact) mass is 461 g/mol. The number of fused-ring (bicyclic) bond motifs is 1. The molecule has 3 heteroatoms. The summed E-state index contributed by atoms with van der Waals surface area (Å²) < 4.78 is 2.34. The summed E-state index contributed by atoms with van der Waals surface area (Å²) in [5.74, 6) is 0. The summed E-state index contributed by atoms with van der Waals surface area (Å²) >= 11 is 0. The zero-order valence-electron chi connectivity index (χ0n) is 20.7. The first-order valence-electron chi connectivity index (χ1n) is 12.3. The molecule has 0 aliphatic carbocycles. The van der Waals surface area contributed by atoms with E-state index in [1.165, 1.54) is 38.7 Å². The van der Waals surface area contributed by atoms with Gasteiger partial charge in [-0.15, -0.1) is 0 Å². The van der Waals surface area contributed by atoms with Gasteiger partial charge in [0.05, 0.1) is 17.8 Å². The van der Waals surface area contributed by atoms with Crippen LogP contribution in [0.3, 0.4) is 0 Å². The van der Waals surface area contributed by atoms with Gasteiger partial charge in [-0.2, -0.15) is 0 Å². The van der Waals surface area contributed by atoms with E-state index in [1.807, 2.05) is 0 Å². The van der Waals surface area contributed by atoms with Crippen LogP contribution in [0.4, 0.5) is 5.69 Å². The second kappa shape index (κ2) is 9.91. The van der Waals surface area contributed by atoms with Crippen molar-refractivity contribution in [2.75, 3.05) is 6.54 Å². The van der Waals surface area contributed by atoms with Crippen LogP contribution < -0.4 is 5.32 Å². The summed E-state index contributed by atoms with van der Waals surface area (Å²) in [6.07, 6.45) is -0.501. The van der Waals surface area contributed by atoms with Crippen LogP contribution in [-0.2, 0) is 6.54 Å². The summed E-state index contributed by atoms with van der Waals surface area (Å²) in [4.78, 5) is 0. The molecule has 1 heterocycles. The van der Waals surface area contributed by atoms with Gasteiger partial charge in [-0.05, 0) is 55.7 Å². The van der Waals surface area contributed by atoms with E-state index in [-0.39, 0.29) is 0 Å². The molecule has 5 rings (SSSR count). The van der Waals surface area contributed by atoms with Crippen molar-refractivity contribution in [2.24, 2.45) is 0 Å². The Hall–Kier alpha value is -3.66. The fraction of sp³-hybridized carbons (Fsp3) is 0.188. The van der Waals surface area contributed by atoms with E-state index < -0.39 is 6.10 Å². The van der Waals surface area contributed by atoms with Crippen molar-refractivity contribution in [3.63, 3.8) is 0 Å². The van der Waals surface area contributed by atoms with Crippen LogP contribution in [0.1, 0.15) is 16.7 Å².